The van der Waals surface area contributed by atoms with Gasteiger partial charge in [0.1, 0.15) is 17.1 Å². The number of ether oxygens (including phenoxy) is 1. The minimum Gasteiger partial charge on any atom is -0.508 e. The van der Waals surface area contributed by atoms with E-state index in [0.29, 0.717) is 0 Å². The molecule has 1 aromatic carbocycles. The topological polar surface area (TPSA) is 29.5 Å². The first-order valence-corrected chi connectivity index (χ1v) is 7.47. The van der Waals surface area contributed by atoms with Gasteiger partial charge in [-0.1, -0.05) is 22.6 Å². The lowest BCUT2D eigenvalue weighted by atomic mass is 10.2. The van der Waals surface area contributed by atoms with Gasteiger partial charge in [-0.15, -0.1) is 0 Å². The van der Waals surface area contributed by atoms with Crippen LogP contribution in [0.25, 0.3) is 0 Å². The Bertz CT molecular complexity index is 323. The van der Waals surface area contributed by atoms with Crippen molar-refractivity contribution in [2.75, 3.05) is 4.43 Å². The van der Waals surface area contributed by atoms with Crippen molar-refractivity contribution in [2.45, 2.75) is 39.2 Å². The van der Waals surface area contributed by atoms with Gasteiger partial charge in [0.15, 0.2) is 0 Å². The lowest BCUT2D eigenvalue weighted by Gasteiger charge is -2.20. The number of phenolic OH excluding ortho intramolecular Hbond substituents is 1. The first kappa shape index (κ1) is 14.6. The fraction of sp³-hybridized carbons (Fsp3) is 0.571. The Hall–Kier alpha value is -0.450. The number of hydrogen-bond acceptors (Lipinski definition) is 2. The molecule has 0 saturated heterocycles. The van der Waals surface area contributed by atoms with E-state index in [1.165, 1.54) is 17.3 Å². The van der Waals surface area contributed by atoms with Crippen molar-refractivity contribution in [3.63, 3.8) is 0 Å². The van der Waals surface area contributed by atoms with Crippen molar-refractivity contribution in [1.29, 1.82) is 0 Å². The molecular formula is C14H21IO2. The van der Waals surface area contributed by atoms with Crippen molar-refractivity contribution < 1.29 is 9.84 Å². The molecule has 3 heteroatoms. The van der Waals surface area contributed by atoms with Crippen LogP contribution in [0.15, 0.2) is 24.3 Å². The molecule has 1 aliphatic carbocycles. The van der Waals surface area contributed by atoms with E-state index in [0.717, 1.165) is 11.7 Å². The van der Waals surface area contributed by atoms with E-state index in [1.54, 1.807) is 24.3 Å². The molecule has 0 aromatic heterocycles. The maximum atomic E-state index is 9.00. The molecule has 0 radical (unpaired) electrons. The number of rotatable bonds is 2. The lowest BCUT2D eigenvalue weighted by Crippen LogP contribution is -2.22. The summed E-state index contributed by atoms with van der Waals surface area (Å²) in [6.07, 6.45) is 3.01. The summed E-state index contributed by atoms with van der Waals surface area (Å²) in [7, 11) is 0. The second-order valence-electron chi connectivity index (χ2n) is 5.31. The third-order valence-electron chi connectivity index (χ3n) is 2.18. The standard InChI is InChI=1S/C10H14O2.C4H7I/c1-10(2,3)12-9-6-4-8(11)5-7-9;5-3-4-1-2-4/h4-7,11H,1-3H3;4H,1-3H2. The Kier molecular flexibility index (Phi) is 5.56. The average molecular weight is 348 g/mol. The molecule has 2 rings (SSSR count). The molecule has 0 atom stereocenters. The first-order valence-electron chi connectivity index (χ1n) is 5.95. The zero-order valence-corrected chi connectivity index (χ0v) is 12.9. The van der Waals surface area contributed by atoms with Crippen LogP contribution in [0.4, 0.5) is 0 Å². The molecule has 1 fully saturated rings. The Labute approximate surface area is 118 Å². The van der Waals surface area contributed by atoms with Crippen LogP contribution in [0.3, 0.4) is 0 Å². The van der Waals surface area contributed by atoms with Crippen LogP contribution in [0.2, 0.25) is 0 Å². The van der Waals surface area contributed by atoms with Crippen LogP contribution in [0, 0.1) is 5.92 Å². The molecular weight excluding hydrogens is 327 g/mol. The summed E-state index contributed by atoms with van der Waals surface area (Å²) in [5.74, 6) is 2.16. The van der Waals surface area contributed by atoms with Gasteiger partial charge in [0, 0.05) is 4.43 Å². The molecule has 1 N–H and O–H groups in total. The van der Waals surface area contributed by atoms with Gasteiger partial charge in [-0.25, -0.2) is 0 Å². The van der Waals surface area contributed by atoms with Crippen molar-refractivity contribution in [2.24, 2.45) is 5.92 Å². The maximum absolute atomic E-state index is 9.00. The normalized spacial score (nSPS) is 14.8. The largest absolute Gasteiger partial charge is 0.508 e. The van der Waals surface area contributed by atoms with Gasteiger partial charge in [0.2, 0.25) is 0 Å². The van der Waals surface area contributed by atoms with Crippen molar-refractivity contribution in [3.05, 3.63) is 24.3 Å². The van der Waals surface area contributed by atoms with Gasteiger partial charge in [0.05, 0.1) is 0 Å². The second-order valence-corrected chi connectivity index (χ2v) is 6.19. The highest BCUT2D eigenvalue weighted by Gasteiger charge is 2.18. The summed E-state index contributed by atoms with van der Waals surface area (Å²) in [5, 5.41) is 9.00. The first-order chi connectivity index (χ1) is 7.90. The van der Waals surface area contributed by atoms with Gasteiger partial charge in [-0.05, 0) is 63.8 Å². The molecule has 1 aromatic rings. The Morgan fingerprint density at radius 2 is 1.76 bits per heavy atom. The molecule has 96 valence electrons. The minimum atomic E-state index is -0.184. The SMILES string of the molecule is CC(C)(C)Oc1ccc(O)cc1.ICC1CC1. The maximum Gasteiger partial charge on any atom is 0.120 e. The third-order valence-corrected chi connectivity index (χ3v) is 3.42. The predicted octanol–water partition coefficient (Wildman–Crippen LogP) is 4.40. The van der Waals surface area contributed by atoms with Crippen LogP contribution in [-0.4, -0.2) is 15.1 Å². The zero-order chi connectivity index (χ0) is 12.9. The second kappa shape index (κ2) is 6.47. The summed E-state index contributed by atoms with van der Waals surface area (Å²) in [6.45, 7) is 5.96. The van der Waals surface area contributed by atoms with Crippen molar-refractivity contribution in [3.8, 4) is 11.5 Å². The number of hydrogen-bond donors (Lipinski definition) is 1. The van der Waals surface area contributed by atoms with Gasteiger partial charge < -0.3 is 9.84 Å². The summed E-state index contributed by atoms with van der Waals surface area (Å²) in [6, 6.07) is 6.73. The Balaban J connectivity index is 0.000000239. The van der Waals surface area contributed by atoms with Crippen LogP contribution < -0.4 is 4.74 Å². The van der Waals surface area contributed by atoms with Gasteiger partial charge in [-0.3, -0.25) is 0 Å². The van der Waals surface area contributed by atoms with Crippen molar-refractivity contribution >= 4 is 22.6 Å². The number of aromatic hydroxyl groups is 1. The van der Waals surface area contributed by atoms with Gasteiger partial charge in [-0.2, -0.15) is 0 Å². The molecule has 0 heterocycles. The van der Waals surface area contributed by atoms with Gasteiger partial charge >= 0.3 is 0 Å². The minimum absolute atomic E-state index is 0.184. The van der Waals surface area contributed by atoms with E-state index >= 15 is 0 Å². The molecule has 1 saturated carbocycles. The average Bonchev–Trinajstić information content (AvgIpc) is 3.04. The van der Waals surface area contributed by atoms with E-state index in [-0.39, 0.29) is 11.4 Å². The highest BCUT2D eigenvalue weighted by Crippen LogP contribution is 2.30. The monoisotopic (exact) mass is 348 g/mol. The lowest BCUT2D eigenvalue weighted by molar-refractivity contribution is 0.131. The summed E-state index contributed by atoms with van der Waals surface area (Å²) < 4.78 is 6.93. The number of benzene rings is 1. The van der Waals surface area contributed by atoms with E-state index in [2.05, 4.69) is 22.6 Å². The van der Waals surface area contributed by atoms with Crippen LogP contribution in [0.5, 0.6) is 11.5 Å². The predicted molar refractivity (Wildman–Crippen MR) is 80.1 cm³/mol. The summed E-state index contributed by atoms with van der Waals surface area (Å²) >= 11 is 2.44. The third kappa shape index (κ3) is 7.47. The molecule has 0 unspecified atom stereocenters. The number of alkyl halides is 1. The molecule has 0 amide bonds. The van der Waals surface area contributed by atoms with E-state index in [1.807, 2.05) is 20.8 Å². The fourth-order valence-electron chi connectivity index (χ4n) is 1.14. The number of phenols is 1. The van der Waals surface area contributed by atoms with Crippen LogP contribution in [-0.2, 0) is 0 Å². The summed E-state index contributed by atoms with van der Waals surface area (Å²) in [4.78, 5) is 0. The quantitative estimate of drug-likeness (QED) is 0.634. The molecule has 0 aliphatic heterocycles. The van der Waals surface area contributed by atoms with Gasteiger partial charge in [0.25, 0.3) is 0 Å². The molecule has 2 nitrogen and oxygen atoms in total. The summed E-state index contributed by atoms with van der Waals surface area (Å²) in [5.41, 5.74) is -0.184. The Morgan fingerprint density at radius 1 is 1.24 bits per heavy atom. The smallest absolute Gasteiger partial charge is 0.120 e. The van der Waals surface area contributed by atoms with Crippen LogP contribution in [0.1, 0.15) is 33.6 Å². The molecule has 0 spiro atoms. The molecule has 17 heavy (non-hydrogen) atoms. The van der Waals surface area contributed by atoms with Crippen molar-refractivity contribution in [1.82, 2.24) is 0 Å². The van der Waals surface area contributed by atoms with Crippen LogP contribution >= 0.6 is 22.6 Å². The fourth-order valence-corrected chi connectivity index (χ4v) is 2.02. The Morgan fingerprint density at radius 3 is 2.06 bits per heavy atom. The highest BCUT2D eigenvalue weighted by molar-refractivity contribution is 14.1. The highest BCUT2D eigenvalue weighted by atomic mass is 127. The molecule has 0 bridgehead atoms. The molecule has 1 aliphatic rings. The zero-order valence-electron chi connectivity index (χ0n) is 10.7. The van der Waals surface area contributed by atoms with E-state index in [4.69, 9.17) is 9.84 Å². The van der Waals surface area contributed by atoms with E-state index in [9.17, 15) is 0 Å². The van der Waals surface area contributed by atoms with E-state index < -0.39 is 0 Å². The number of halogens is 1.